The van der Waals surface area contributed by atoms with Crippen LogP contribution in [0, 0.1) is 0 Å². The summed E-state index contributed by atoms with van der Waals surface area (Å²) < 4.78 is 6.38. The van der Waals surface area contributed by atoms with Crippen molar-refractivity contribution in [2.24, 2.45) is 5.11 Å². The number of aliphatic hydroxyl groups is 2. The van der Waals surface area contributed by atoms with E-state index in [0.717, 1.165) is 4.57 Å². The van der Waals surface area contributed by atoms with Gasteiger partial charge in [-0.05, 0) is 24.4 Å². The third-order valence-electron chi connectivity index (χ3n) is 5.69. The van der Waals surface area contributed by atoms with Gasteiger partial charge in [0.15, 0.2) is 0 Å². The Hall–Kier alpha value is -3.85. The van der Waals surface area contributed by atoms with Gasteiger partial charge >= 0.3 is 11.7 Å². The molecule has 2 aliphatic heterocycles. The van der Waals surface area contributed by atoms with E-state index in [0.29, 0.717) is 5.06 Å². The number of carbonyl (C=O) groups is 4. The molecule has 2 saturated heterocycles. The Morgan fingerprint density at radius 2 is 1.97 bits per heavy atom. The van der Waals surface area contributed by atoms with E-state index < -0.39 is 60.3 Å². The maximum atomic E-state index is 12.3. The Kier molecular flexibility index (Phi) is 9.08. The summed E-state index contributed by atoms with van der Waals surface area (Å²) >= 11 is 0. The van der Waals surface area contributed by atoms with Gasteiger partial charge in [0.2, 0.25) is 5.91 Å². The highest BCUT2D eigenvalue weighted by atomic mass is 16.7. The Morgan fingerprint density at radius 1 is 1.28 bits per heavy atom. The molecule has 0 bridgehead atoms. The first-order valence-electron chi connectivity index (χ1n) is 11.1. The highest BCUT2D eigenvalue weighted by Crippen LogP contribution is 2.23. The predicted octanol–water partition coefficient (Wildman–Crippen LogP) is -0.679. The van der Waals surface area contributed by atoms with Gasteiger partial charge in [0, 0.05) is 42.8 Å². The molecule has 3 N–H and O–H groups in total. The minimum absolute atomic E-state index is 0.0126. The first-order valence-corrected chi connectivity index (χ1v) is 11.1. The molecule has 0 saturated carbocycles. The fourth-order valence-electron chi connectivity index (χ4n) is 3.73. The zero-order chi connectivity index (χ0) is 26.2. The largest absolute Gasteiger partial charge is 0.394 e. The molecule has 0 aromatic carbocycles. The lowest BCUT2D eigenvalue weighted by atomic mass is 10.1. The molecular weight excluding hydrogens is 482 g/mol. The number of hydrogen-bond donors (Lipinski definition) is 3. The molecule has 0 spiro atoms. The van der Waals surface area contributed by atoms with Gasteiger partial charge in [0.25, 0.3) is 11.8 Å². The Labute approximate surface area is 203 Å². The van der Waals surface area contributed by atoms with Gasteiger partial charge < -0.3 is 25.1 Å². The van der Waals surface area contributed by atoms with E-state index in [9.17, 15) is 29.1 Å². The molecule has 194 valence electrons. The van der Waals surface area contributed by atoms with E-state index in [1.807, 2.05) is 0 Å². The van der Waals surface area contributed by atoms with Crippen LogP contribution >= 0.6 is 0 Å². The molecule has 4 unspecified atom stereocenters. The van der Waals surface area contributed by atoms with Gasteiger partial charge in [-0.1, -0.05) is 5.11 Å². The van der Waals surface area contributed by atoms with E-state index >= 15 is 0 Å². The number of ether oxygens (including phenoxy) is 1. The molecule has 1 aromatic heterocycles. The Balaban J connectivity index is 1.48. The van der Waals surface area contributed by atoms with Gasteiger partial charge in [-0.3, -0.25) is 19.0 Å². The number of rotatable bonds is 11. The molecule has 4 atom stereocenters. The first-order chi connectivity index (χ1) is 17.2. The van der Waals surface area contributed by atoms with Crippen LogP contribution in [0.4, 0.5) is 5.82 Å². The van der Waals surface area contributed by atoms with Crippen molar-refractivity contribution in [3.05, 3.63) is 33.2 Å². The van der Waals surface area contributed by atoms with Gasteiger partial charge in [0.1, 0.15) is 18.0 Å². The molecular formula is C20H25N7O9. The summed E-state index contributed by atoms with van der Waals surface area (Å²) in [4.78, 5) is 70.8. The molecule has 3 rings (SSSR count). The molecule has 0 aliphatic carbocycles. The maximum Gasteiger partial charge on any atom is 0.349 e. The van der Waals surface area contributed by atoms with Crippen molar-refractivity contribution in [2.45, 2.75) is 62.8 Å². The molecule has 16 nitrogen and oxygen atoms in total. The fourth-order valence-corrected chi connectivity index (χ4v) is 3.73. The van der Waals surface area contributed by atoms with Crippen LogP contribution in [-0.2, 0) is 28.8 Å². The molecule has 0 radical (unpaired) electrons. The van der Waals surface area contributed by atoms with E-state index in [2.05, 4.69) is 20.3 Å². The molecule has 1 aromatic rings. The van der Waals surface area contributed by atoms with Crippen LogP contribution < -0.4 is 11.0 Å². The fraction of sp³-hybridized carbons (Fsp3) is 0.600. The summed E-state index contributed by atoms with van der Waals surface area (Å²) in [5.74, 6) is -2.63. The average Bonchev–Trinajstić information content (AvgIpc) is 3.37. The van der Waals surface area contributed by atoms with Gasteiger partial charge in [-0.15, -0.1) is 5.06 Å². The molecule has 16 heteroatoms. The summed E-state index contributed by atoms with van der Waals surface area (Å²) in [6.45, 7) is -0.386. The summed E-state index contributed by atoms with van der Waals surface area (Å²) in [5.41, 5.74) is 8.02. The van der Waals surface area contributed by atoms with Crippen LogP contribution in [0.3, 0.4) is 0 Å². The standard InChI is InChI=1S/C20H25N7O9/c21-25-24-11(2-6-18(32)36-27-16(30)4-5-17(27)31)1-3-15(29)22-14-7-8-26(20(34)23-14)12-10-35-13(9-28)19(12)33/h7-8,11-13,19,28,33H,1-6,9-10H2,(H,22,23,29,34). The van der Waals surface area contributed by atoms with Gasteiger partial charge in [-0.2, -0.15) is 4.98 Å². The number of carbonyl (C=O) groups excluding carboxylic acids is 4. The lowest BCUT2D eigenvalue weighted by molar-refractivity contribution is -0.197. The SMILES string of the molecule is [N-]=[N+]=NC(CCC(=O)Nc1ccn(C2COC(CO)C2O)c(=O)n1)CCC(=O)ON1C(=O)CCC1=O. The monoisotopic (exact) mass is 507 g/mol. The highest BCUT2D eigenvalue weighted by molar-refractivity contribution is 6.01. The van der Waals surface area contributed by atoms with Crippen LogP contribution in [0.5, 0.6) is 0 Å². The van der Waals surface area contributed by atoms with Crippen LogP contribution in [0.1, 0.15) is 44.6 Å². The van der Waals surface area contributed by atoms with Crippen LogP contribution in [-0.4, -0.2) is 80.0 Å². The van der Waals surface area contributed by atoms with E-state index in [1.165, 1.54) is 12.3 Å². The quantitative estimate of drug-likeness (QED) is 0.148. The van der Waals surface area contributed by atoms with Crippen LogP contribution in [0.15, 0.2) is 22.2 Å². The smallest absolute Gasteiger partial charge is 0.349 e. The Bertz CT molecular complexity index is 1100. The summed E-state index contributed by atoms with van der Waals surface area (Å²) in [5, 5.41) is 25.7. The number of hydroxylamine groups is 2. The van der Waals surface area contributed by atoms with Crippen molar-refractivity contribution < 1.29 is 39.0 Å². The molecule has 3 amide bonds. The summed E-state index contributed by atoms with van der Waals surface area (Å²) in [7, 11) is 0. The maximum absolute atomic E-state index is 12.3. The third kappa shape index (κ3) is 6.63. The number of hydrogen-bond acceptors (Lipinski definition) is 11. The predicted molar refractivity (Wildman–Crippen MR) is 118 cm³/mol. The second kappa shape index (κ2) is 12.2. The van der Waals surface area contributed by atoms with Gasteiger partial charge in [-0.25, -0.2) is 9.59 Å². The number of azide groups is 1. The molecule has 2 aliphatic rings. The van der Waals surface area contributed by atoms with Crippen molar-refractivity contribution in [1.29, 1.82) is 0 Å². The minimum atomic E-state index is -1.10. The van der Waals surface area contributed by atoms with Crippen molar-refractivity contribution in [1.82, 2.24) is 14.6 Å². The number of nitrogens with zero attached hydrogens (tertiary/aromatic N) is 6. The number of aromatic nitrogens is 2. The normalized spacial score (nSPS) is 22.3. The number of nitrogens with one attached hydrogen (secondary N) is 1. The van der Waals surface area contributed by atoms with Gasteiger partial charge in [0.05, 0.1) is 19.3 Å². The average molecular weight is 507 g/mol. The zero-order valence-electron chi connectivity index (χ0n) is 19.1. The van der Waals surface area contributed by atoms with Crippen molar-refractivity contribution in [3.8, 4) is 0 Å². The number of anilines is 1. The second-order valence-electron chi connectivity index (χ2n) is 8.14. The Morgan fingerprint density at radius 3 is 2.58 bits per heavy atom. The lowest BCUT2D eigenvalue weighted by Crippen LogP contribution is -2.36. The van der Waals surface area contributed by atoms with E-state index in [4.69, 9.17) is 20.2 Å². The van der Waals surface area contributed by atoms with Crippen molar-refractivity contribution in [2.75, 3.05) is 18.5 Å². The van der Waals surface area contributed by atoms with E-state index in [1.54, 1.807) is 0 Å². The highest BCUT2D eigenvalue weighted by Gasteiger charge is 2.37. The van der Waals surface area contributed by atoms with Crippen molar-refractivity contribution in [3.63, 3.8) is 0 Å². The number of aliphatic hydroxyl groups excluding tert-OH is 2. The van der Waals surface area contributed by atoms with Crippen molar-refractivity contribution >= 4 is 29.5 Å². The topological polar surface area (TPSA) is 226 Å². The minimum Gasteiger partial charge on any atom is -0.394 e. The molecule has 36 heavy (non-hydrogen) atoms. The summed E-state index contributed by atoms with van der Waals surface area (Å²) in [6.07, 6.45) is -0.931. The van der Waals surface area contributed by atoms with E-state index in [-0.39, 0.29) is 50.9 Å². The van der Waals surface area contributed by atoms with Crippen LogP contribution in [0.25, 0.3) is 10.4 Å². The lowest BCUT2D eigenvalue weighted by Gasteiger charge is -2.18. The molecule has 2 fully saturated rings. The summed E-state index contributed by atoms with van der Waals surface area (Å²) in [6, 6.07) is -0.118. The second-order valence-corrected chi connectivity index (χ2v) is 8.14. The van der Waals surface area contributed by atoms with Crippen LogP contribution in [0.2, 0.25) is 0 Å². The zero-order valence-corrected chi connectivity index (χ0v) is 19.1. The molecule has 3 heterocycles. The number of amides is 3. The first kappa shape index (κ1) is 26.7. The third-order valence-corrected chi connectivity index (χ3v) is 5.69. The number of imide groups is 1.